The van der Waals surface area contributed by atoms with E-state index in [1.54, 1.807) is 0 Å². The highest BCUT2D eigenvalue weighted by molar-refractivity contribution is 7.92. The van der Waals surface area contributed by atoms with E-state index in [1.165, 1.54) is 25.7 Å². The number of sulfone groups is 1. The van der Waals surface area contributed by atoms with Crippen LogP contribution in [0.1, 0.15) is 45.4 Å². The fraction of sp³-hybridized carbons (Fsp3) is 1.00. The van der Waals surface area contributed by atoms with Crippen LogP contribution >= 0.6 is 0 Å². The normalized spacial score (nSPS) is 37.1. The highest BCUT2D eigenvalue weighted by Crippen LogP contribution is 2.28. The van der Waals surface area contributed by atoms with E-state index in [0.29, 0.717) is 12.3 Å². The summed E-state index contributed by atoms with van der Waals surface area (Å²) in [6.07, 6.45) is 7.05. The monoisotopic (exact) mass is 259 g/mol. The molecule has 1 heterocycles. The predicted octanol–water partition coefficient (Wildman–Crippen LogP) is 1.98. The second kappa shape index (κ2) is 5.70. The first-order valence-electron chi connectivity index (χ1n) is 7.00. The maximum absolute atomic E-state index is 11.7. The smallest absolute Gasteiger partial charge is 0.154 e. The van der Waals surface area contributed by atoms with Gasteiger partial charge in [0.25, 0.3) is 0 Å². The summed E-state index contributed by atoms with van der Waals surface area (Å²) >= 11 is 0. The minimum atomic E-state index is -2.76. The Morgan fingerprint density at radius 2 is 1.94 bits per heavy atom. The lowest BCUT2D eigenvalue weighted by atomic mass is 9.82. The van der Waals surface area contributed by atoms with Gasteiger partial charge in [-0.15, -0.1) is 0 Å². The Morgan fingerprint density at radius 1 is 1.12 bits per heavy atom. The molecule has 2 aliphatic rings. The molecule has 0 aromatic carbocycles. The molecular weight excluding hydrogens is 234 g/mol. The van der Waals surface area contributed by atoms with E-state index in [4.69, 9.17) is 0 Å². The highest BCUT2D eigenvalue weighted by atomic mass is 32.2. The van der Waals surface area contributed by atoms with E-state index >= 15 is 0 Å². The number of hydrogen-bond acceptors (Lipinski definition) is 3. The van der Waals surface area contributed by atoms with Gasteiger partial charge in [-0.25, -0.2) is 8.42 Å². The van der Waals surface area contributed by atoms with Crippen molar-refractivity contribution < 1.29 is 8.42 Å². The molecule has 100 valence electrons. The average Bonchev–Trinajstić information content (AvgIpc) is 2.58. The lowest BCUT2D eigenvalue weighted by Crippen LogP contribution is -2.34. The van der Waals surface area contributed by atoms with Gasteiger partial charge >= 0.3 is 0 Å². The van der Waals surface area contributed by atoms with Crippen molar-refractivity contribution >= 4 is 9.84 Å². The van der Waals surface area contributed by atoms with Gasteiger partial charge in [0.2, 0.25) is 0 Å². The molecule has 1 saturated heterocycles. The molecule has 0 bridgehead atoms. The van der Waals surface area contributed by atoms with Gasteiger partial charge in [0.1, 0.15) is 0 Å². The van der Waals surface area contributed by atoms with Crippen molar-refractivity contribution in [2.45, 2.75) is 50.7 Å². The summed E-state index contributed by atoms with van der Waals surface area (Å²) in [5, 5.41) is 3.29. The van der Waals surface area contributed by atoms with E-state index < -0.39 is 9.84 Å². The third-order valence-corrected chi connectivity index (χ3v) is 6.59. The van der Waals surface area contributed by atoms with Crippen LogP contribution in [-0.2, 0) is 9.84 Å². The molecular formula is C13H25NO2S. The highest BCUT2D eigenvalue weighted by Gasteiger charge is 2.30. The largest absolute Gasteiger partial charge is 0.315 e. The summed E-state index contributed by atoms with van der Waals surface area (Å²) < 4.78 is 23.3. The van der Waals surface area contributed by atoms with Crippen LogP contribution in [0.25, 0.3) is 0 Å². The Hall–Kier alpha value is -0.0900. The van der Waals surface area contributed by atoms with Crippen molar-refractivity contribution in [2.75, 3.05) is 18.8 Å². The molecule has 4 heteroatoms. The van der Waals surface area contributed by atoms with Gasteiger partial charge in [-0.1, -0.05) is 19.8 Å². The van der Waals surface area contributed by atoms with Gasteiger partial charge < -0.3 is 5.32 Å². The van der Waals surface area contributed by atoms with E-state index in [-0.39, 0.29) is 5.25 Å². The molecule has 17 heavy (non-hydrogen) atoms. The van der Waals surface area contributed by atoms with Crippen molar-refractivity contribution in [1.82, 2.24) is 5.32 Å². The average molecular weight is 259 g/mol. The fourth-order valence-corrected chi connectivity index (χ4v) is 5.08. The number of nitrogens with one attached hydrogen (secondary N) is 1. The summed E-state index contributed by atoms with van der Waals surface area (Å²) in [6, 6.07) is 0. The molecule has 1 aliphatic carbocycles. The molecule has 1 aliphatic heterocycles. The summed E-state index contributed by atoms with van der Waals surface area (Å²) in [5.74, 6) is 2.02. The number of hydrogen-bond donors (Lipinski definition) is 1. The van der Waals surface area contributed by atoms with Crippen LogP contribution in [0.5, 0.6) is 0 Å². The lowest BCUT2D eigenvalue weighted by molar-refractivity contribution is 0.274. The van der Waals surface area contributed by atoms with E-state index in [9.17, 15) is 8.42 Å². The summed E-state index contributed by atoms with van der Waals surface area (Å²) in [7, 11) is -2.76. The predicted molar refractivity (Wildman–Crippen MR) is 70.8 cm³/mol. The second-order valence-electron chi connectivity index (χ2n) is 5.93. The molecule has 0 aromatic rings. The Bertz CT molecular complexity index is 339. The summed E-state index contributed by atoms with van der Waals surface area (Å²) in [6.45, 7) is 4.01. The topological polar surface area (TPSA) is 46.2 Å². The molecule has 3 atom stereocenters. The Balaban J connectivity index is 1.69. The molecule has 2 rings (SSSR count). The van der Waals surface area contributed by atoms with Gasteiger partial charge in [-0.2, -0.15) is 0 Å². The quantitative estimate of drug-likeness (QED) is 0.839. The minimum Gasteiger partial charge on any atom is -0.315 e. The van der Waals surface area contributed by atoms with E-state index in [0.717, 1.165) is 31.2 Å². The second-order valence-corrected chi connectivity index (χ2v) is 8.33. The van der Waals surface area contributed by atoms with Crippen molar-refractivity contribution in [3.63, 3.8) is 0 Å². The molecule has 3 nitrogen and oxygen atoms in total. The van der Waals surface area contributed by atoms with E-state index in [1.807, 2.05) is 0 Å². The van der Waals surface area contributed by atoms with Crippen molar-refractivity contribution in [3.05, 3.63) is 0 Å². The van der Waals surface area contributed by atoms with Gasteiger partial charge in [0.05, 0.1) is 11.0 Å². The van der Waals surface area contributed by atoms with Crippen molar-refractivity contribution in [3.8, 4) is 0 Å². The van der Waals surface area contributed by atoms with Crippen molar-refractivity contribution in [2.24, 2.45) is 11.8 Å². The number of rotatable bonds is 4. The maximum atomic E-state index is 11.7. The molecule has 0 spiro atoms. The molecule has 3 unspecified atom stereocenters. The van der Waals surface area contributed by atoms with Crippen LogP contribution in [0.15, 0.2) is 0 Å². The minimum absolute atomic E-state index is 0.108. The standard InChI is InChI=1S/C13H25NO2S/c1-11-4-2-5-12(8-11)9-14-10-13-6-3-7-17(13,15)16/h11-14H,2-10H2,1H3. The molecule has 0 radical (unpaired) electrons. The maximum Gasteiger partial charge on any atom is 0.154 e. The molecule has 1 N–H and O–H groups in total. The Labute approximate surface area is 105 Å². The van der Waals surface area contributed by atoms with E-state index in [2.05, 4.69) is 12.2 Å². The third-order valence-electron chi connectivity index (χ3n) is 4.31. The van der Waals surface area contributed by atoms with Gasteiger partial charge in [0.15, 0.2) is 9.84 Å². The molecule has 1 saturated carbocycles. The first-order valence-corrected chi connectivity index (χ1v) is 8.72. The van der Waals surface area contributed by atoms with Gasteiger partial charge in [-0.05, 0) is 44.1 Å². The zero-order valence-corrected chi connectivity index (χ0v) is 11.6. The first kappa shape index (κ1) is 13.3. The van der Waals surface area contributed by atoms with Crippen LogP contribution < -0.4 is 5.32 Å². The van der Waals surface area contributed by atoms with Crippen molar-refractivity contribution in [1.29, 1.82) is 0 Å². The summed E-state index contributed by atoms with van der Waals surface area (Å²) in [4.78, 5) is 0. The van der Waals surface area contributed by atoms with Crippen LogP contribution in [0.3, 0.4) is 0 Å². The third kappa shape index (κ3) is 3.68. The Morgan fingerprint density at radius 3 is 2.59 bits per heavy atom. The molecule has 2 fully saturated rings. The lowest BCUT2D eigenvalue weighted by Gasteiger charge is -2.27. The SMILES string of the molecule is CC1CCCC(CNCC2CCCS2(=O)=O)C1. The molecule has 0 amide bonds. The molecule has 0 aromatic heterocycles. The summed E-state index contributed by atoms with van der Waals surface area (Å²) in [5.41, 5.74) is 0. The van der Waals surface area contributed by atoms with Crippen LogP contribution in [0.4, 0.5) is 0 Å². The zero-order chi connectivity index (χ0) is 12.3. The van der Waals surface area contributed by atoms with Crippen LogP contribution in [0.2, 0.25) is 0 Å². The van der Waals surface area contributed by atoms with Gasteiger partial charge in [0, 0.05) is 6.54 Å². The Kier molecular flexibility index (Phi) is 4.47. The van der Waals surface area contributed by atoms with Gasteiger partial charge in [-0.3, -0.25) is 0 Å². The fourth-order valence-electron chi connectivity index (χ4n) is 3.28. The van der Waals surface area contributed by atoms with Crippen LogP contribution in [0, 0.1) is 11.8 Å². The van der Waals surface area contributed by atoms with Crippen LogP contribution in [-0.4, -0.2) is 32.5 Å². The first-order chi connectivity index (χ1) is 8.08. The zero-order valence-electron chi connectivity index (χ0n) is 10.8.